The predicted molar refractivity (Wildman–Crippen MR) is 124 cm³/mol. The summed E-state index contributed by atoms with van der Waals surface area (Å²) in [6.45, 7) is 5.80. The summed E-state index contributed by atoms with van der Waals surface area (Å²) in [5, 5.41) is 9.36. The Labute approximate surface area is 187 Å². The maximum absolute atomic E-state index is 13.3. The van der Waals surface area contributed by atoms with E-state index < -0.39 is 16.0 Å². The number of likely N-dealkylation sites (N-methyl/N-ethyl adjacent to an activating group) is 2. The number of rotatable bonds is 6. The molecule has 0 saturated carbocycles. The topological polar surface area (TPSA) is 127 Å². The number of H-pyrrole nitrogens is 2. The smallest absolute Gasteiger partial charge is 0.303 e. The lowest BCUT2D eigenvalue weighted by atomic mass is 10.1. The van der Waals surface area contributed by atoms with E-state index in [4.69, 9.17) is 5.11 Å². The van der Waals surface area contributed by atoms with Crippen LogP contribution in [0, 0.1) is 0 Å². The van der Waals surface area contributed by atoms with Crippen LogP contribution in [-0.2, 0) is 14.8 Å². The lowest BCUT2D eigenvalue weighted by Gasteiger charge is -2.27. The van der Waals surface area contributed by atoms with Crippen molar-refractivity contribution in [1.82, 2.24) is 19.2 Å². The minimum Gasteiger partial charge on any atom is -0.481 e. The van der Waals surface area contributed by atoms with E-state index in [0.717, 1.165) is 36.7 Å². The molecule has 174 valence electrons. The van der Waals surface area contributed by atoms with Crippen LogP contribution in [0.3, 0.4) is 0 Å². The molecule has 3 heterocycles. The van der Waals surface area contributed by atoms with Crippen molar-refractivity contribution in [3.63, 3.8) is 0 Å². The number of fused-ring (bicyclic) bond motifs is 3. The summed E-state index contributed by atoms with van der Waals surface area (Å²) in [5.74, 6) is -0.711. The van der Waals surface area contributed by atoms with Gasteiger partial charge in [-0.2, -0.15) is 4.31 Å². The van der Waals surface area contributed by atoms with Crippen LogP contribution in [0.4, 0.5) is 0 Å². The fourth-order valence-electron chi connectivity index (χ4n) is 4.10. The highest BCUT2D eigenvalue weighted by molar-refractivity contribution is 7.89. The predicted octanol–water partition coefficient (Wildman–Crippen LogP) is 2.60. The fraction of sp³-hybridized carbons (Fsp3) is 0.455. The van der Waals surface area contributed by atoms with Gasteiger partial charge in [0.1, 0.15) is 5.52 Å². The lowest BCUT2D eigenvalue weighted by molar-refractivity contribution is -0.137. The molecule has 4 rings (SSSR count). The number of aliphatic carboxylic acids is 1. The molecule has 3 aromatic rings. The SMILES string of the molecule is CCCC(=O)O.CCN([C@H]1CCN(C)C1)S(=O)(=O)c1ccc2[nH]c(=O)c3[nH]ccc3c2c1. The maximum atomic E-state index is 13.3. The zero-order chi connectivity index (χ0) is 23.5. The summed E-state index contributed by atoms with van der Waals surface area (Å²) in [5.41, 5.74) is 0.874. The van der Waals surface area contributed by atoms with E-state index in [2.05, 4.69) is 14.9 Å². The monoisotopic (exact) mass is 462 g/mol. The van der Waals surface area contributed by atoms with Crippen LogP contribution in [0.15, 0.2) is 40.2 Å². The van der Waals surface area contributed by atoms with Crippen LogP contribution in [0.2, 0.25) is 0 Å². The molecule has 0 amide bonds. The van der Waals surface area contributed by atoms with Crippen molar-refractivity contribution >= 4 is 37.8 Å². The number of nitrogens with zero attached hydrogens (tertiary/aromatic N) is 2. The molecule has 1 fully saturated rings. The van der Waals surface area contributed by atoms with E-state index in [1.165, 1.54) is 0 Å². The Morgan fingerprint density at radius 2 is 2.00 bits per heavy atom. The van der Waals surface area contributed by atoms with Gasteiger partial charge >= 0.3 is 5.97 Å². The number of benzene rings is 1. The number of aromatic nitrogens is 2. The summed E-state index contributed by atoms with van der Waals surface area (Å²) in [6.07, 6.45) is 3.55. The molecule has 0 unspecified atom stereocenters. The van der Waals surface area contributed by atoms with Crippen molar-refractivity contribution in [1.29, 1.82) is 0 Å². The molecule has 1 aromatic carbocycles. The standard InChI is InChI=1S/C18H22N4O3S.C4H8O2/c1-3-22(12-7-9-21(2)11-12)26(24,25)13-4-5-16-15(10-13)14-6-8-19-17(14)18(23)20-16;1-2-3-4(5)6/h4-6,8,10,12,19H,3,7,9,11H2,1-2H3,(H,20,23);2-3H2,1H3,(H,5,6)/t12-;/m0./s1. The van der Waals surface area contributed by atoms with Crippen molar-refractivity contribution in [3.05, 3.63) is 40.8 Å². The van der Waals surface area contributed by atoms with Gasteiger partial charge < -0.3 is 20.0 Å². The minimum absolute atomic E-state index is 0.00597. The highest BCUT2D eigenvalue weighted by Gasteiger charge is 2.34. The lowest BCUT2D eigenvalue weighted by Crippen LogP contribution is -2.41. The zero-order valence-electron chi connectivity index (χ0n) is 18.6. The molecule has 1 aliphatic rings. The molecular formula is C22H30N4O5S. The Morgan fingerprint density at radius 1 is 1.25 bits per heavy atom. The first-order valence-corrected chi connectivity index (χ1v) is 12.2. The highest BCUT2D eigenvalue weighted by Crippen LogP contribution is 2.27. The normalized spacial score (nSPS) is 17.1. The average molecular weight is 463 g/mol. The Morgan fingerprint density at radius 3 is 2.56 bits per heavy atom. The van der Waals surface area contributed by atoms with Gasteiger partial charge in [-0.25, -0.2) is 8.42 Å². The first-order chi connectivity index (χ1) is 15.2. The molecule has 0 spiro atoms. The number of carboxylic acid groups (broad SMARTS) is 1. The third kappa shape index (κ3) is 4.87. The van der Waals surface area contributed by atoms with Gasteiger partial charge in [0.2, 0.25) is 10.0 Å². The Hall–Kier alpha value is -2.69. The number of sulfonamides is 1. The molecule has 0 radical (unpaired) electrons. The molecule has 9 nitrogen and oxygen atoms in total. The van der Waals surface area contributed by atoms with Gasteiger partial charge in [0.05, 0.1) is 4.90 Å². The van der Waals surface area contributed by atoms with Gasteiger partial charge in [-0.3, -0.25) is 9.59 Å². The third-order valence-electron chi connectivity index (χ3n) is 5.66. The van der Waals surface area contributed by atoms with Crippen LogP contribution >= 0.6 is 0 Å². The molecule has 0 bridgehead atoms. The summed E-state index contributed by atoms with van der Waals surface area (Å²) in [7, 11) is -1.60. The number of aromatic amines is 2. The second-order valence-corrected chi connectivity index (χ2v) is 9.88. The van der Waals surface area contributed by atoms with E-state index in [-0.39, 0.29) is 16.5 Å². The van der Waals surface area contributed by atoms with Crippen LogP contribution in [0.25, 0.3) is 21.8 Å². The van der Waals surface area contributed by atoms with Crippen LogP contribution in [0.5, 0.6) is 0 Å². The number of hydrogen-bond donors (Lipinski definition) is 3. The van der Waals surface area contributed by atoms with Gasteiger partial charge in [-0.1, -0.05) is 13.8 Å². The summed E-state index contributed by atoms with van der Waals surface area (Å²) < 4.78 is 28.1. The van der Waals surface area contributed by atoms with E-state index >= 15 is 0 Å². The second kappa shape index (κ2) is 9.85. The quantitative estimate of drug-likeness (QED) is 0.517. The third-order valence-corrected chi connectivity index (χ3v) is 7.68. The first kappa shape index (κ1) is 24.0. The van der Waals surface area contributed by atoms with E-state index in [1.54, 1.807) is 34.8 Å². The van der Waals surface area contributed by atoms with Crippen molar-refractivity contribution in [2.75, 3.05) is 26.7 Å². The number of carboxylic acids is 1. The van der Waals surface area contributed by atoms with Crippen molar-refractivity contribution < 1.29 is 18.3 Å². The Kier molecular flexibility index (Phi) is 7.37. The summed E-state index contributed by atoms with van der Waals surface area (Å²) in [6, 6.07) is 6.71. The first-order valence-electron chi connectivity index (χ1n) is 10.7. The number of pyridine rings is 1. The van der Waals surface area contributed by atoms with Crippen molar-refractivity contribution in [3.8, 4) is 0 Å². The highest BCUT2D eigenvalue weighted by atomic mass is 32.2. The Bertz CT molecular complexity index is 1260. The van der Waals surface area contributed by atoms with E-state index in [0.29, 0.717) is 24.0 Å². The second-order valence-electron chi connectivity index (χ2n) is 7.98. The van der Waals surface area contributed by atoms with Crippen molar-refractivity contribution in [2.45, 2.75) is 44.0 Å². The van der Waals surface area contributed by atoms with E-state index in [9.17, 15) is 18.0 Å². The summed E-state index contributed by atoms with van der Waals surface area (Å²) >= 11 is 0. The van der Waals surface area contributed by atoms with Crippen LogP contribution in [0.1, 0.15) is 33.1 Å². The average Bonchev–Trinajstić information content (AvgIpc) is 3.38. The minimum atomic E-state index is -3.61. The van der Waals surface area contributed by atoms with Crippen LogP contribution < -0.4 is 5.56 Å². The Balaban J connectivity index is 0.000000427. The molecule has 1 saturated heterocycles. The molecule has 1 aliphatic heterocycles. The van der Waals surface area contributed by atoms with Gasteiger partial charge in [0.25, 0.3) is 5.56 Å². The molecular weight excluding hydrogens is 432 g/mol. The maximum Gasteiger partial charge on any atom is 0.303 e. The number of nitrogens with one attached hydrogen (secondary N) is 2. The molecule has 1 atom stereocenters. The molecule has 0 aliphatic carbocycles. The summed E-state index contributed by atoms with van der Waals surface area (Å²) in [4.78, 5) is 29.8. The zero-order valence-corrected chi connectivity index (χ0v) is 19.4. The van der Waals surface area contributed by atoms with Gasteiger partial charge in [-0.05, 0) is 50.7 Å². The van der Waals surface area contributed by atoms with Crippen LogP contribution in [-0.4, -0.2) is 71.4 Å². The molecule has 10 heteroatoms. The molecule has 2 aromatic heterocycles. The number of likely N-dealkylation sites (tertiary alicyclic amines) is 1. The van der Waals surface area contributed by atoms with Crippen molar-refractivity contribution in [2.24, 2.45) is 0 Å². The molecule has 3 N–H and O–H groups in total. The number of carbonyl (C=O) groups is 1. The number of hydrogen-bond acceptors (Lipinski definition) is 5. The van der Waals surface area contributed by atoms with Gasteiger partial charge in [0, 0.05) is 48.0 Å². The molecule has 32 heavy (non-hydrogen) atoms. The van der Waals surface area contributed by atoms with Gasteiger partial charge in [0.15, 0.2) is 0 Å². The largest absolute Gasteiger partial charge is 0.481 e. The van der Waals surface area contributed by atoms with Gasteiger partial charge in [-0.15, -0.1) is 0 Å². The fourth-order valence-corrected chi connectivity index (χ4v) is 5.78. The van der Waals surface area contributed by atoms with E-state index in [1.807, 2.05) is 20.9 Å².